The lowest BCUT2D eigenvalue weighted by molar-refractivity contribution is -0.145. The monoisotopic (exact) mass is 626 g/mol. The van der Waals surface area contributed by atoms with Gasteiger partial charge in [-0.25, -0.2) is 0 Å². The first kappa shape index (κ1) is 44.1. The van der Waals surface area contributed by atoms with Crippen LogP contribution in [0.3, 0.4) is 0 Å². The summed E-state index contributed by atoms with van der Waals surface area (Å²) in [7, 11) is 5.12. The highest BCUT2D eigenvalue weighted by Gasteiger charge is 2.39. The average Bonchev–Trinajstić information content (AvgIpc) is 2.94. The summed E-state index contributed by atoms with van der Waals surface area (Å²) in [6.07, 6.45) is 6.42. The van der Waals surface area contributed by atoms with E-state index in [9.17, 15) is 29.4 Å². The summed E-state index contributed by atoms with van der Waals surface area (Å²) in [5.74, 6) is -0.892. The number of Topliss-reactive ketones (excluding diaryl/α,β-unsaturated/α-hetero) is 3. The van der Waals surface area contributed by atoms with E-state index in [2.05, 4.69) is 29.8 Å². The number of amides is 1. The van der Waals surface area contributed by atoms with Gasteiger partial charge < -0.3 is 26.2 Å². The zero-order valence-electron chi connectivity index (χ0n) is 29.8. The molecule has 0 rings (SSSR count). The summed E-state index contributed by atoms with van der Waals surface area (Å²) in [5.41, 5.74) is 0. The van der Waals surface area contributed by atoms with Gasteiger partial charge in [0.1, 0.15) is 12.1 Å². The highest BCUT2D eigenvalue weighted by molar-refractivity contribution is 6.41. The van der Waals surface area contributed by atoms with Crippen molar-refractivity contribution in [2.75, 3.05) is 27.7 Å². The Hall–Kier alpha value is -1.98. The highest BCUT2D eigenvalue weighted by Crippen LogP contribution is 2.18. The number of unbranched alkanes of at least 4 members (excludes halogenated alkanes) is 1. The molecular formula is C34H66N4O6. The number of hydrogen-bond acceptors (Lipinski definition) is 9. The number of hydrogen-bond donors (Lipinski definition) is 5. The third-order valence-electron chi connectivity index (χ3n) is 7.56. The smallest absolute Gasteiger partial charge is 0.237 e. The van der Waals surface area contributed by atoms with Crippen LogP contribution in [0.2, 0.25) is 0 Å². The molecule has 0 fully saturated rings. The summed E-state index contributed by atoms with van der Waals surface area (Å²) in [5, 5.41) is 29.4. The molecule has 10 nitrogen and oxygen atoms in total. The largest absolute Gasteiger partial charge is 0.391 e. The number of likely N-dealkylation sites (N-methyl/N-ethyl adjacent to an activating group) is 2. The van der Waals surface area contributed by atoms with Gasteiger partial charge in [0.15, 0.2) is 5.78 Å². The van der Waals surface area contributed by atoms with Gasteiger partial charge in [-0.1, -0.05) is 67.0 Å². The summed E-state index contributed by atoms with van der Waals surface area (Å²) >= 11 is 0. The van der Waals surface area contributed by atoms with Crippen LogP contribution < -0.4 is 16.0 Å². The summed E-state index contributed by atoms with van der Waals surface area (Å²) in [6.45, 7) is 17.9. The van der Waals surface area contributed by atoms with Gasteiger partial charge in [-0.05, 0) is 85.0 Å². The van der Waals surface area contributed by atoms with Crippen LogP contribution in [0.5, 0.6) is 0 Å². The van der Waals surface area contributed by atoms with Crippen molar-refractivity contribution in [3.8, 4) is 0 Å². The number of carbonyl (C=O) groups excluding carboxylic acids is 4. The van der Waals surface area contributed by atoms with E-state index in [1.807, 2.05) is 53.7 Å². The number of rotatable bonds is 22. The fourth-order valence-electron chi connectivity index (χ4n) is 4.81. The molecule has 0 aliphatic carbocycles. The SMILES string of the molecule is C/C=C/C[C@@H](C)[C@@H](O)C(C(=O)C(=O)[C@@H](NCCCC)[C@@H](C)O)N(C)C.CCCC(=O)[C@@H](NC(=O)[C@H](CC(C)C)NC)C(C)C. The fraction of sp³-hybridized carbons (Fsp3) is 0.824. The molecule has 0 aromatic heterocycles. The zero-order chi connectivity index (χ0) is 34.6. The Morgan fingerprint density at radius 2 is 1.48 bits per heavy atom. The Balaban J connectivity index is 0. The van der Waals surface area contributed by atoms with Crippen LogP contribution >= 0.6 is 0 Å². The van der Waals surface area contributed by atoms with E-state index in [4.69, 9.17) is 0 Å². The molecule has 0 aliphatic heterocycles. The second-order valence-electron chi connectivity index (χ2n) is 12.9. The molecule has 0 radical (unpaired) electrons. The maximum atomic E-state index is 12.8. The number of aliphatic hydroxyl groups is 2. The van der Waals surface area contributed by atoms with Crippen molar-refractivity contribution in [1.82, 2.24) is 20.9 Å². The van der Waals surface area contributed by atoms with Crippen molar-refractivity contribution in [2.45, 2.75) is 137 Å². The molecule has 10 heteroatoms. The molecule has 258 valence electrons. The summed E-state index contributed by atoms with van der Waals surface area (Å²) in [6, 6.07) is -2.47. The van der Waals surface area contributed by atoms with Crippen molar-refractivity contribution in [1.29, 1.82) is 0 Å². The van der Waals surface area contributed by atoms with Crippen molar-refractivity contribution >= 4 is 23.3 Å². The molecule has 0 aliphatic rings. The molecule has 0 heterocycles. The number of allylic oxidation sites excluding steroid dienone is 2. The van der Waals surface area contributed by atoms with Crippen LogP contribution in [-0.4, -0.2) is 102 Å². The van der Waals surface area contributed by atoms with Crippen LogP contribution in [0.1, 0.15) is 101 Å². The first-order valence-corrected chi connectivity index (χ1v) is 16.5. The van der Waals surface area contributed by atoms with Crippen LogP contribution in [0.15, 0.2) is 12.2 Å². The lowest BCUT2D eigenvalue weighted by Crippen LogP contribution is -2.56. The van der Waals surface area contributed by atoms with Gasteiger partial charge in [0.25, 0.3) is 0 Å². The predicted octanol–water partition coefficient (Wildman–Crippen LogP) is 3.29. The van der Waals surface area contributed by atoms with Gasteiger partial charge in [-0.15, -0.1) is 0 Å². The van der Waals surface area contributed by atoms with Crippen molar-refractivity contribution < 1.29 is 29.4 Å². The third-order valence-corrected chi connectivity index (χ3v) is 7.56. The van der Waals surface area contributed by atoms with Crippen molar-refractivity contribution in [3.63, 3.8) is 0 Å². The van der Waals surface area contributed by atoms with E-state index in [-0.39, 0.29) is 35.6 Å². The minimum atomic E-state index is -0.978. The van der Waals surface area contributed by atoms with Crippen LogP contribution in [-0.2, 0) is 19.2 Å². The topological polar surface area (TPSA) is 148 Å². The molecule has 1 unspecified atom stereocenters. The molecule has 44 heavy (non-hydrogen) atoms. The molecule has 7 atom stereocenters. The minimum absolute atomic E-state index is 0.0700. The lowest BCUT2D eigenvalue weighted by atomic mass is 9.88. The van der Waals surface area contributed by atoms with E-state index in [0.29, 0.717) is 25.3 Å². The molecular weight excluding hydrogens is 560 g/mol. The van der Waals surface area contributed by atoms with E-state index < -0.39 is 35.9 Å². The summed E-state index contributed by atoms with van der Waals surface area (Å²) in [4.78, 5) is 51.2. The quantitative estimate of drug-likeness (QED) is 0.0694. The third kappa shape index (κ3) is 16.9. The highest BCUT2D eigenvalue weighted by atomic mass is 16.3. The lowest BCUT2D eigenvalue weighted by Gasteiger charge is -2.32. The molecule has 5 N–H and O–H groups in total. The molecule has 0 saturated carbocycles. The van der Waals surface area contributed by atoms with E-state index in [0.717, 1.165) is 25.7 Å². The molecule has 1 amide bonds. The maximum absolute atomic E-state index is 12.8. The first-order valence-electron chi connectivity index (χ1n) is 16.5. The zero-order valence-corrected chi connectivity index (χ0v) is 29.8. The molecule has 0 bridgehead atoms. The van der Waals surface area contributed by atoms with E-state index in [1.54, 1.807) is 26.0 Å². The first-order chi connectivity index (χ1) is 20.5. The maximum Gasteiger partial charge on any atom is 0.237 e. The number of nitrogens with one attached hydrogen (secondary N) is 3. The van der Waals surface area contributed by atoms with Gasteiger partial charge in [0.05, 0.1) is 24.3 Å². The Bertz CT molecular complexity index is 859. The Morgan fingerprint density at radius 3 is 1.89 bits per heavy atom. The minimum Gasteiger partial charge on any atom is -0.391 e. The standard InChI is InChI=1S/C19H36N2O4.C15H30N2O2/c1-7-9-11-13(3)17(23)16(21(5)6)19(25)18(24)15(14(4)22)20-12-10-8-2;1-7-8-13(18)14(11(4)5)17-15(19)12(16-6)9-10(2)3/h7,9,13-17,20,22-23H,8,10-12H2,1-6H3;10-12,14,16H,7-9H2,1-6H3,(H,17,19)/b9-7+;/t13-,14-,15+,16?,17-;12-,14-/m10/s1. The number of aliphatic hydroxyl groups excluding tert-OH is 2. The van der Waals surface area contributed by atoms with Gasteiger partial charge >= 0.3 is 0 Å². The predicted molar refractivity (Wildman–Crippen MR) is 179 cm³/mol. The van der Waals surface area contributed by atoms with E-state index in [1.165, 1.54) is 6.92 Å². The normalized spacial score (nSPS) is 16.6. The van der Waals surface area contributed by atoms with Gasteiger partial charge in [0.2, 0.25) is 17.5 Å². The van der Waals surface area contributed by atoms with Crippen molar-refractivity contribution in [2.24, 2.45) is 17.8 Å². The number of ketones is 3. The van der Waals surface area contributed by atoms with Crippen LogP contribution in [0.25, 0.3) is 0 Å². The number of nitrogens with zero attached hydrogens (tertiary/aromatic N) is 1. The number of carbonyl (C=O) groups is 4. The second-order valence-corrected chi connectivity index (χ2v) is 12.9. The summed E-state index contributed by atoms with van der Waals surface area (Å²) < 4.78 is 0. The van der Waals surface area contributed by atoms with Gasteiger partial charge in [-0.3, -0.25) is 24.1 Å². The second kappa shape index (κ2) is 24.3. The van der Waals surface area contributed by atoms with Crippen molar-refractivity contribution in [3.05, 3.63) is 12.2 Å². The molecule has 0 aromatic rings. The Morgan fingerprint density at radius 1 is 0.886 bits per heavy atom. The molecule has 0 saturated heterocycles. The van der Waals surface area contributed by atoms with E-state index >= 15 is 0 Å². The molecule has 0 spiro atoms. The van der Waals surface area contributed by atoms with Crippen LogP contribution in [0, 0.1) is 17.8 Å². The van der Waals surface area contributed by atoms with Gasteiger partial charge in [0, 0.05) is 6.42 Å². The van der Waals surface area contributed by atoms with Crippen LogP contribution in [0.4, 0.5) is 0 Å². The average molecular weight is 627 g/mol. The fourth-order valence-corrected chi connectivity index (χ4v) is 4.81. The Kier molecular flexibility index (Phi) is 24.4. The van der Waals surface area contributed by atoms with Gasteiger partial charge in [-0.2, -0.15) is 0 Å². The molecule has 0 aromatic carbocycles. The Labute approximate surface area is 268 Å².